The van der Waals surface area contributed by atoms with E-state index in [9.17, 15) is 9.59 Å². The zero-order chi connectivity index (χ0) is 30.9. The molecule has 8 heteroatoms. The van der Waals surface area contributed by atoms with Crippen LogP contribution in [0.1, 0.15) is 98.3 Å². The number of hydrogen-bond acceptors (Lipinski definition) is 6. The lowest BCUT2D eigenvalue weighted by Crippen LogP contribution is -2.56. The molecule has 1 spiro atoms. The van der Waals surface area contributed by atoms with Gasteiger partial charge in [-0.15, -0.1) is 0 Å². The quantitative estimate of drug-likeness (QED) is 0.446. The van der Waals surface area contributed by atoms with Crippen molar-refractivity contribution in [3.63, 3.8) is 0 Å². The Morgan fingerprint density at radius 1 is 0.909 bits per heavy atom. The zero-order valence-electron chi connectivity index (χ0n) is 27.9. The first-order chi connectivity index (χ1) is 21.1. The number of hydrogen-bond donors (Lipinski definition) is 2. The van der Waals surface area contributed by atoms with E-state index in [0.717, 1.165) is 56.7 Å². The number of carbonyl (C=O) groups excluding carboxylic acids is 2. The van der Waals surface area contributed by atoms with Gasteiger partial charge in [-0.2, -0.15) is 0 Å². The second-order valence-corrected chi connectivity index (χ2v) is 16.8. The standard InChI is InChI=1S/C36H59N3O5/c1-23-7-12-36(43-22-23)24(2)33-30(44-36)20-29-27-6-5-25-19-26(8-10-34(25,3)28(27)9-11-35(29,33)4)37-31(41)21-32(42)39-15-13-38(14-16-39)17-18-40/h23-30,33,40H,5-22H2,1-4H3,(H,37,41)/t23-,24-,25+,26-,27+,28-,29-,30-,33-,34-,35-,36+/m0/s1. The van der Waals surface area contributed by atoms with E-state index in [4.69, 9.17) is 14.6 Å². The molecular formula is C36H59N3O5. The van der Waals surface area contributed by atoms with Crippen molar-refractivity contribution in [3.05, 3.63) is 0 Å². The summed E-state index contributed by atoms with van der Waals surface area (Å²) >= 11 is 0. The summed E-state index contributed by atoms with van der Waals surface area (Å²) in [5.41, 5.74) is 0.705. The van der Waals surface area contributed by atoms with Gasteiger partial charge in [-0.25, -0.2) is 0 Å². The van der Waals surface area contributed by atoms with Crippen LogP contribution in [0.25, 0.3) is 0 Å². The highest BCUT2D eigenvalue weighted by molar-refractivity contribution is 5.97. The molecule has 8 nitrogen and oxygen atoms in total. The van der Waals surface area contributed by atoms with Gasteiger partial charge in [0.25, 0.3) is 0 Å². The summed E-state index contributed by atoms with van der Waals surface area (Å²) in [6, 6.07) is 0.190. The van der Waals surface area contributed by atoms with Gasteiger partial charge in [-0.1, -0.05) is 27.7 Å². The predicted molar refractivity (Wildman–Crippen MR) is 168 cm³/mol. The summed E-state index contributed by atoms with van der Waals surface area (Å²) in [5, 5.41) is 12.4. The molecule has 0 aromatic rings. The summed E-state index contributed by atoms with van der Waals surface area (Å²) < 4.78 is 13.5. The minimum absolute atomic E-state index is 0.0441. The third-order valence-electron chi connectivity index (χ3n) is 14.8. The van der Waals surface area contributed by atoms with Gasteiger partial charge in [0.2, 0.25) is 11.8 Å². The van der Waals surface area contributed by atoms with E-state index in [-0.39, 0.29) is 36.7 Å². The van der Waals surface area contributed by atoms with Crippen molar-refractivity contribution in [1.29, 1.82) is 0 Å². The van der Waals surface area contributed by atoms with Gasteiger partial charge < -0.3 is 24.8 Å². The lowest BCUT2D eigenvalue weighted by Gasteiger charge is -2.61. The second kappa shape index (κ2) is 11.8. The highest BCUT2D eigenvalue weighted by Crippen LogP contribution is 2.71. The molecule has 2 N–H and O–H groups in total. The fourth-order valence-electron chi connectivity index (χ4n) is 12.3. The van der Waals surface area contributed by atoms with Crippen molar-refractivity contribution in [2.24, 2.45) is 52.3 Å². The molecule has 3 heterocycles. The van der Waals surface area contributed by atoms with Crippen LogP contribution in [0.3, 0.4) is 0 Å². The fourth-order valence-corrected chi connectivity index (χ4v) is 12.3. The Morgan fingerprint density at radius 2 is 1.68 bits per heavy atom. The monoisotopic (exact) mass is 613 g/mol. The molecule has 3 aliphatic heterocycles. The Morgan fingerprint density at radius 3 is 2.41 bits per heavy atom. The first-order valence-corrected chi connectivity index (χ1v) is 18.3. The number of nitrogens with one attached hydrogen (secondary N) is 1. The smallest absolute Gasteiger partial charge is 0.232 e. The normalized spacial score (nSPS) is 48.8. The molecule has 248 valence electrons. The molecule has 0 unspecified atom stereocenters. The van der Waals surface area contributed by atoms with Gasteiger partial charge in [-0.3, -0.25) is 14.5 Å². The number of β-amino-alcohol motifs (C(OH)–C–C–N with tert-alkyl or cyclic N) is 1. The molecule has 7 aliphatic rings. The van der Waals surface area contributed by atoms with Crippen LogP contribution in [0, 0.1) is 52.3 Å². The number of fused-ring (bicyclic) bond motifs is 7. The lowest BCUT2D eigenvalue weighted by molar-refractivity contribution is -0.273. The summed E-state index contributed by atoms with van der Waals surface area (Å²) in [7, 11) is 0. The van der Waals surface area contributed by atoms with Crippen molar-refractivity contribution >= 4 is 11.8 Å². The van der Waals surface area contributed by atoms with Crippen molar-refractivity contribution < 1.29 is 24.2 Å². The molecule has 7 rings (SSSR count). The number of piperazine rings is 1. The molecule has 3 saturated heterocycles. The fraction of sp³-hybridized carbons (Fsp3) is 0.944. The molecular weight excluding hydrogens is 554 g/mol. The van der Waals surface area contributed by atoms with Gasteiger partial charge in [0.05, 0.1) is 19.3 Å². The van der Waals surface area contributed by atoms with Crippen LogP contribution in [0.4, 0.5) is 0 Å². The van der Waals surface area contributed by atoms with Crippen molar-refractivity contribution in [1.82, 2.24) is 15.1 Å². The van der Waals surface area contributed by atoms with E-state index in [2.05, 4.69) is 37.9 Å². The Hall–Kier alpha value is -1.22. The third-order valence-corrected chi connectivity index (χ3v) is 14.8. The molecule has 12 atom stereocenters. The summed E-state index contributed by atoms with van der Waals surface area (Å²) in [5.74, 6) is 4.20. The van der Waals surface area contributed by atoms with Crippen LogP contribution in [0.15, 0.2) is 0 Å². The molecule has 4 aliphatic carbocycles. The van der Waals surface area contributed by atoms with E-state index in [1.54, 1.807) is 0 Å². The Bertz CT molecular complexity index is 1090. The maximum atomic E-state index is 13.0. The number of aliphatic hydroxyl groups is 1. The van der Waals surface area contributed by atoms with Crippen LogP contribution in [-0.4, -0.2) is 90.6 Å². The van der Waals surface area contributed by atoms with E-state index >= 15 is 0 Å². The molecule has 7 fully saturated rings. The maximum absolute atomic E-state index is 13.0. The van der Waals surface area contributed by atoms with Crippen LogP contribution in [0.5, 0.6) is 0 Å². The lowest BCUT2D eigenvalue weighted by atomic mass is 9.44. The van der Waals surface area contributed by atoms with Gasteiger partial charge in [0.15, 0.2) is 5.79 Å². The van der Waals surface area contributed by atoms with Gasteiger partial charge in [-0.05, 0) is 104 Å². The Kier molecular flexibility index (Phi) is 8.41. The largest absolute Gasteiger partial charge is 0.395 e. The highest BCUT2D eigenvalue weighted by atomic mass is 16.7. The topological polar surface area (TPSA) is 91.3 Å². The highest BCUT2D eigenvalue weighted by Gasteiger charge is 2.69. The van der Waals surface area contributed by atoms with Crippen LogP contribution in [-0.2, 0) is 19.1 Å². The molecule has 44 heavy (non-hydrogen) atoms. The molecule has 0 aromatic heterocycles. The molecule has 0 aromatic carbocycles. The van der Waals surface area contributed by atoms with Crippen molar-refractivity contribution in [2.45, 2.75) is 116 Å². The molecule has 4 saturated carbocycles. The summed E-state index contributed by atoms with van der Waals surface area (Å²) in [4.78, 5) is 29.8. The number of ether oxygens (including phenoxy) is 2. The molecule has 0 bridgehead atoms. The molecule has 0 radical (unpaired) electrons. The minimum Gasteiger partial charge on any atom is -0.395 e. The molecule has 2 amide bonds. The number of aliphatic hydroxyl groups excluding tert-OH is 1. The first kappa shape index (κ1) is 31.4. The minimum atomic E-state index is -0.334. The number of rotatable bonds is 5. The predicted octanol–water partition coefficient (Wildman–Crippen LogP) is 4.44. The van der Waals surface area contributed by atoms with Crippen LogP contribution in [0.2, 0.25) is 0 Å². The first-order valence-electron chi connectivity index (χ1n) is 18.3. The van der Waals surface area contributed by atoms with Crippen LogP contribution < -0.4 is 5.32 Å². The second-order valence-electron chi connectivity index (χ2n) is 16.8. The van der Waals surface area contributed by atoms with Crippen molar-refractivity contribution in [3.8, 4) is 0 Å². The number of nitrogens with zero attached hydrogens (tertiary/aromatic N) is 2. The third kappa shape index (κ3) is 5.16. The SMILES string of the molecule is C[C@H]1CC[C@@]2(OC1)O[C@H]1C[C@H]3[C@@H]4CC[C@@H]5C[C@@H](NC(=O)CC(=O)N6CCN(CCO)CC6)CC[C@]5(C)[C@H]4CC[C@]3(C)[C@H]1[C@@H]2C. The zero-order valence-corrected chi connectivity index (χ0v) is 27.9. The van der Waals surface area contributed by atoms with Gasteiger partial charge >= 0.3 is 0 Å². The Labute approximate surface area is 265 Å². The van der Waals surface area contributed by atoms with E-state index < -0.39 is 0 Å². The Balaban J connectivity index is 0.943. The average Bonchev–Trinajstić information content (AvgIpc) is 3.45. The van der Waals surface area contributed by atoms with Gasteiger partial charge in [0.1, 0.15) is 6.42 Å². The van der Waals surface area contributed by atoms with Crippen molar-refractivity contribution in [2.75, 3.05) is 45.9 Å². The number of carbonyl (C=O) groups is 2. The maximum Gasteiger partial charge on any atom is 0.232 e. The van der Waals surface area contributed by atoms with Crippen LogP contribution >= 0.6 is 0 Å². The summed E-state index contributed by atoms with van der Waals surface area (Å²) in [6.45, 7) is 14.4. The number of amides is 2. The van der Waals surface area contributed by atoms with Gasteiger partial charge in [0, 0.05) is 51.1 Å². The van der Waals surface area contributed by atoms with E-state index in [1.165, 1.54) is 44.9 Å². The van der Waals surface area contributed by atoms with E-state index in [1.807, 2.05) is 4.90 Å². The summed E-state index contributed by atoms with van der Waals surface area (Å²) in [6.07, 6.45) is 12.3. The van der Waals surface area contributed by atoms with E-state index in [0.29, 0.717) is 60.2 Å². The average molecular weight is 614 g/mol.